The van der Waals surface area contributed by atoms with Crippen LogP contribution in [0.1, 0.15) is 18.9 Å². The van der Waals surface area contributed by atoms with Crippen molar-refractivity contribution in [3.8, 4) is 0 Å². The maximum atomic E-state index is 11.7. The van der Waals surface area contributed by atoms with Crippen LogP contribution >= 0.6 is 0 Å². The van der Waals surface area contributed by atoms with Crippen LogP contribution in [0.2, 0.25) is 0 Å². The van der Waals surface area contributed by atoms with Gasteiger partial charge in [-0.3, -0.25) is 9.78 Å². The average molecular weight is 245 g/mol. The summed E-state index contributed by atoms with van der Waals surface area (Å²) in [6.45, 7) is 7.45. The molecule has 0 aliphatic rings. The van der Waals surface area contributed by atoms with Gasteiger partial charge in [-0.25, -0.2) is 4.98 Å². The molecular formula is C12H15N5O. The molecule has 6 heteroatoms. The Labute approximate surface area is 104 Å². The molecule has 0 saturated heterocycles. The van der Waals surface area contributed by atoms with Crippen molar-refractivity contribution in [1.29, 1.82) is 0 Å². The van der Waals surface area contributed by atoms with Crippen molar-refractivity contribution >= 4 is 17.1 Å². The maximum absolute atomic E-state index is 11.7. The Kier molecular flexibility index (Phi) is 3.27. The van der Waals surface area contributed by atoms with Gasteiger partial charge < -0.3 is 10.3 Å². The van der Waals surface area contributed by atoms with Crippen molar-refractivity contribution in [3.63, 3.8) is 0 Å². The van der Waals surface area contributed by atoms with E-state index in [9.17, 15) is 4.79 Å². The van der Waals surface area contributed by atoms with Gasteiger partial charge in [0.05, 0.1) is 6.33 Å². The van der Waals surface area contributed by atoms with E-state index in [2.05, 4.69) is 28.1 Å². The molecule has 0 fully saturated rings. The van der Waals surface area contributed by atoms with E-state index in [1.807, 2.05) is 16.7 Å². The largest absolute Gasteiger partial charge is 0.369 e. The molecule has 0 radical (unpaired) electrons. The number of nitrogens with one attached hydrogen (secondary N) is 1. The lowest BCUT2D eigenvalue weighted by atomic mass is 10.1. The van der Waals surface area contributed by atoms with Crippen molar-refractivity contribution in [2.24, 2.45) is 0 Å². The number of hydrogen-bond donors (Lipinski definition) is 2. The molecule has 2 aromatic rings. The van der Waals surface area contributed by atoms with Gasteiger partial charge in [-0.05, 0) is 12.8 Å². The average Bonchev–Trinajstić information content (AvgIpc) is 2.72. The predicted octanol–water partition coefficient (Wildman–Crippen LogP) is 1.40. The number of allylic oxidation sites excluding steroid dienone is 2. The second kappa shape index (κ2) is 4.87. The van der Waals surface area contributed by atoms with Gasteiger partial charge in [-0.1, -0.05) is 12.2 Å². The summed E-state index contributed by atoms with van der Waals surface area (Å²) >= 11 is 0. The van der Waals surface area contributed by atoms with Gasteiger partial charge in [0.25, 0.3) is 5.56 Å². The summed E-state index contributed by atoms with van der Waals surface area (Å²) in [6.07, 6.45) is 6.72. The molecule has 94 valence electrons. The SMILES string of the molecule is C=CCC(CC=C)n1cnc2c(=O)[nH]c(N)nc21. The zero-order valence-electron chi connectivity index (χ0n) is 9.97. The number of rotatable bonds is 5. The first-order valence-corrected chi connectivity index (χ1v) is 5.61. The number of nitrogen functional groups attached to an aromatic ring is 1. The minimum atomic E-state index is -0.327. The van der Waals surface area contributed by atoms with Gasteiger partial charge in [0.2, 0.25) is 5.95 Å². The van der Waals surface area contributed by atoms with Crippen LogP contribution < -0.4 is 11.3 Å². The van der Waals surface area contributed by atoms with E-state index in [0.717, 1.165) is 12.8 Å². The Morgan fingerprint density at radius 3 is 2.72 bits per heavy atom. The van der Waals surface area contributed by atoms with Crippen molar-refractivity contribution in [1.82, 2.24) is 19.5 Å². The van der Waals surface area contributed by atoms with Gasteiger partial charge in [-0.2, -0.15) is 4.98 Å². The quantitative estimate of drug-likeness (QED) is 0.779. The summed E-state index contributed by atoms with van der Waals surface area (Å²) in [6, 6.07) is 0.0960. The molecule has 0 aromatic carbocycles. The van der Waals surface area contributed by atoms with Crippen LogP contribution in [0.3, 0.4) is 0 Å². The first-order valence-electron chi connectivity index (χ1n) is 5.61. The van der Waals surface area contributed by atoms with Gasteiger partial charge in [0.15, 0.2) is 11.2 Å². The summed E-state index contributed by atoms with van der Waals surface area (Å²) in [7, 11) is 0. The topological polar surface area (TPSA) is 89.6 Å². The zero-order valence-corrected chi connectivity index (χ0v) is 9.97. The fourth-order valence-corrected chi connectivity index (χ4v) is 1.92. The third-order valence-corrected chi connectivity index (χ3v) is 2.72. The molecule has 0 unspecified atom stereocenters. The lowest BCUT2D eigenvalue weighted by molar-refractivity contribution is 0.524. The number of hydrogen-bond acceptors (Lipinski definition) is 4. The van der Waals surface area contributed by atoms with Gasteiger partial charge in [0, 0.05) is 6.04 Å². The van der Waals surface area contributed by atoms with E-state index < -0.39 is 0 Å². The van der Waals surface area contributed by atoms with Crippen molar-refractivity contribution in [2.75, 3.05) is 5.73 Å². The van der Waals surface area contributed by atoms with E-state index in [1.54, 1.807) is 6.33 Å². The Hall–Kier alpha value is -2.37. The second-order valence-corrected chi connectivity index (χ2v) is 3.98. The summed E-state index contributed by atoms with van der Waals surface area (Å²) in [5, 5.41) is 0. The molecule has 2 aromatic heterocycles. The highest BCUT2D eigenvalue weighted by Crippen LogP contribution is 2.21. The van der Waals surface area contributed by atoms with Crippen LogP contribution in [0.15, 0.2) is 36.4 Å². The van der Waals surface area contributed by atoms with E-state index in [1.165, 1.54) is 0 Å². The Bertz CT molecular complexity index is 629. The van der Waals surface area contributed by atoms with Crippen molar-refractivity contribution < 1.29 is 0 Å². The number of aromatic nitrogens is 4. The number of H-pyrrole nitrogens is 1. The highest BCUT2D eigenvalue weighted by atomic mass is 16.1. The second-order valence-electron chi connectivity index (χ2n) is 3.98. The summed E-state index contributed by atoms with van der Waals surface area (Å²) in [4.78, 5) is 22.3. The lowest BCUT2D eigenvalue weighted by Gasteiger charge is -2.15. The molecule has 0 atom stereocenters. The fourth-order valence-electron chi connectivity index (χ4n) is 1.92. The van der Waals surface area contributed by atoms with Gasteiger partial charge in [0.1, 0.15) is 0 Å². The van der Waals surface area contributed by atoms with Crippen LogP contribution in [-0.4, -0.2) is 19.5 Å². The molecule has 0 spiro atoms. The number of anilines is 1. The number of nitrogens with two attached hydrogens (primary N) is 1. The van der Waals surface area contributed by atoms with E-state index >= 15 is 0 Å². The van der Waals surface area contributed by atoms with Crippen LogP contribution in [-0.2, 0) is 0 Å². The van der Waals surface area contributed by atoms with Crippen LogP contribution in [0.5, 0.6) is 0 Å². The zero-order chi connectivity index (χ0) is 13.1. The molecular weight excluding hydrogens is 230 g/mol. The highest BCUT2D eigenvalue weighted by Gasteiger charge is 2.15. The predicted molar refractivity (Wildman–Crippen MR) is 71.2 cm³/mol. The smallest absolute Gasteiger partial charge is 0.280 e. The standard InChI is InChI=1S/C12H15N5O/c1-3-5-8(6-4-2)17-7-14-9-10(17)15-12(13)16-11(9)18/h3-4,7-8H,1-2,5-6H2,(H3,13,15,16,18). The highest BCUT2D eigenvalue weighted by molar-refractivity contribution is 5.70. The molecule has 3 N–H and O–H groups in total. The number of imidazole rings is 1. The Morgan fingerprint density at radius 1 is 1.44 bits per heavy atom. The van der Waals surface area contributed by atoms with E-state index in [0.29, 0.717) is 11.2 Å². The number of fused-ring (bicyclic) bond motifs is 1. The third kappa shape index (κ3) is 2.04. The summed E-state index contributed by atoms with van der Waals surface area (Å²) in [5.74, 6) is 0.0882. The first kappa shape index (κ1) is 12.1. The van der Waals surface area contributed by atoms with Gasteiger partial charge in [-0.15, -0.1) is 13.2 Å². The molecule has 18 heavy (non-hydrogen) atoms. The number of nitrogens with zero attached hydrogens (tertiary/aromatic N) is 3. The normalized spacial score (nSPS) is 10.9. The molecule has 0 aliphatic heterocycles. The Morgan fingerprint density at radius 2 is 2.11 bits per heavy atom. The van der Waals surface area contributed by atoms with Crippen molar-refractivity contribution in [3.05, 3.63) is 42.0 Å². The lowest BCUT2D eigenvalue weighted by Crippen LogP contribution is -2.13. The minimum Gasteiger partial charge on any atom is -0.369 e. The van der Waals surface area contributed by atoms with Crippen LogP contribution in [0.4, 0.5) is 5.95 Å². The van der Waals surface area contributed by atoms with Crippen LogP contribution in [0, 0.1) is 0 Å². The van der Waals surface area contributed by atoms with Crippen molar-refractivity contribution in [2.45, 2.75) is 18.9 Å². The molecule has 0 saturated carbocycles. The summed E-state index contributed by atoms with van der Waals surface area (Å²) in [5.41, 5.74) is 6.01. The maximum Gasteiger partial charge on any atom is 0.280 e. The molecule has 0 bridgehead atoms. The van der Waals surface area contributed by atoms with E-state index in [-0.39, 0.29) is 17.5 Å². The molecule has 2 rings (SSSR count). The van der Waals surface area contributed by atoms with E-state index in [4.69, 9.17) is 5.73 Å². The van der Waals surface area contributed by atoms with Crippen LogP contribution in [0.25, 0.3) is 11.2 Å². The fraction of sp³-hybridized carbons (Fsp3) is 0.250. The third-order valence-electron chi connectivity index (χ3n) is 2.72. The monoisotopic (exact) mass is 245 g/mol. The summed E-state index contributed by atoms with van der Waals surface area (Å²) < 4.78 is 1.84. The Balaban J connectivity index is 2.59. The molecule has 6 nitrogen and oxygen atoms in total. The minimum absolute atomic E-state index is 0.0882. The first-order chi connectivity index (χ1) is 8.67. The van der Waals surface area contributed by atoms with Gasteiger partial charge >= 0.3 is 0 Å². The molecule has 0 amide bonds. The molecule has 2 heterocycles. The molecule has 0 aliphatic carbocycles. The number of aromatic amines is 1.